The third-order valence-electron chi connectivity index (χ3n) is 5.43. The summed E-state index contributed by atoms with van der Waals surface area (Å²) >= 11 is 0. The molecular formula is C15H27NO. The lowest BCUT2D eigenvalue weighted by Gasteiger charge is -2.25. The maximum absolute atomic E-state index is 10.1. The molecule has 3 aliphatic rings. The third-order valence-corrected chi connectivity index (χ3v) is 5.43. The van der Waals surface area contributed by atoms with Crippen molar-refractivity contribution in [1.82, 2.24) is 5.32 Å². The monoisotopic (exact) mass is 237 g/mol. The van der Waals surface area contributed by atoms with Gasteiger partial charge in [-0.3, -0.25) is 0 Å². The van der Waals surface area contributed by atoms with E-state index in [-0.39, 0.29) is 6.10 Å². The molecule has 3 rings (SSSR count). The number of nitrogens with one attached hydrogen (secondary N) is 1. The summed E-state index contributed by atoms with van der Waals surface area (Å²) in [7, 11) is 0. The van der Waals surface area contributed by atoms with Crippen LogP contribution in [-0.4, -0.2) is 23.8 Å². The van der Waals surface area contributed by atoms with Gasteiger partial charge in [0, 0.05) is 12.6 Å². The molecule has 2 bridgehead atoms. The average Bonchev–Trinajstić information content (AvgIpc) is 3.02. The van der Waals surface area contributed by atoms with Crippen LogP contribution in [0.1, 0.15) is 57.8 Å². The molecule has 0 aromatic heterocycles. The number of hydrogen-bond donors (Lipinski definition) is 2. The topological polar surface area (TPSA) is 32.3 Å². The molecule has 0 radical (unpaired) electrons. The van der Waals surface area contributed by atoms with Gasteiger partial charge in [-0.25, -0.2) is 0 Å². The molecule has 0 amide bonds. The zero-order valence-corrected chi connectivity index (χ0v) is 10.9. The summed E-state index contributed by atoms with van der Waals surface area (Å²) in [5.41, 5.74) is 0. The number of hydrogen-bond acceptors (Lipinski definition) is 2. The second-order valence-electron chi connectivity index (χ2n) is 6.73. The molecule has 4 unspecified atom stereocenters. The first-order chi connectivity index (χ1) is 8.31. The highest BCUT2D eigenvalue weighted by Crippen LogP contribution is 2.44. The number of rotatable bonds is 5. The second kappa shape index (κ2) is 5.27. The summed E-state index contributed by atoms with van der Waals surface area (Å²) in [6.45, 7) is 0.838. The largest absolute Gasteiger partial charge is 0.392 e. The van der Waals surface area contributed by atoms with Crippen LogP contribution in [0.3, 0.4) is 0 Å². The Hall–Kier alpha value is -0.0800. The molecule has 0 aromatic rings. The fourth-order valence-electron chi connectivity index (χ4n) is 4.50. The Labute approximate surface area is 105 Å². The lowest BCUT2D eigenvalue weighted by atomic mass is 9.94. The Bertz CT molecular complexity index is 249. The second-order valence-corrected chi connectivity index (χ2v) is 6.73. The molecule has 17 heavy (non-hydrogen) atoms. The van der Waals surface area contributed by atoms with Gasteiger partial charge in [-0.1, -0.05) is 32.1 Å². The fraction of sp³-hybridized carbons (Fsp3) is 1.00. The molecule has 3 saturated carbocycles. The van der Waals surface area contributed by atoms with Gasteiger partial charge in [0.2, 0.25) is 0 Å². The van der Waals surface area contributed by atoms with Crippen LogP contribution in [0.4, 0.5) is 0 Å². The van der Waals surface area contributed by atoms with E-state index in [4.69, 9.17) is 0 Å². The summed E-state index contributed by atoms with van der Waals surface area (Å²) in [5.74, 6) is 2.75. The van der Waals surface area contributed by atoms with Gasteiger partial charge in [-0.2, -0.15) is 0 Å². The lowest BCUT2D eigenvalue weighted by molar-refractivity contribution is 0.133. The van der Waals surface area contributed by atoms with Crippen LogP contribution < -0.4 is 5.32 Å². The molecule has 0 spiro atoms. The van der Waals surface area contributed by atoms with Crippen LogP contribution in [-0.2, 0) is 0 Å². The van der Waals surface area contributed by atoms with Gasteiger partial charge in [0.15, 0.2) is 0 Å². The molecule has 0 saturated heterocycles. The average molecular weight is 237 g/mol. The quantitative estimate of drug-likeness (QED) is 0.770. The van der Waals surface area contributed by atoms with Crippen LogP contribution in [0.15, 0.2) is 0 Å². The molecule has 4 atom stereocenters. The Kier molecular flexibility index (Phi) is 3.72. The van der Waals surface area contributed by atoms with Crippen molar-refractivity contribution in [3.05, 3.63) is 0 Å². The van der Waals surface area contributed by atoms with Crippen molar-refractivity contribution in [2.24, 2.45) is 17.8 Å². The molecule has 98 valence electrons. The molecule has 2 heteroatoms. The molecule has 0 aromatic carbocycles. The van der Waals surface area contributed by atoms with Crippen molar-refractivity contribution in [2.75, 3.05) is 6.54 Å². The Balaban J connectivity index is 1.36. The van der Waals surface area contributed by atoms with E-state index < -0.39 is 0 Å². The Morgan fingerprint density at radius 1 is 1.06 bits per heavy atom. The van der Waals surface area contributed by atoms with Crippen LogP contribution in [0.5, 0.6) is 0 Å². The van der Waals surface area contributed by atoms with E-state index in [9.17, 15) is 5.11 Å². The van der Waals surface area contributed by atoms with Crippen molar-refractivity contribution in [3.63, 3.8) is 0 Å². The summed E-state index contributed by atoms with van der Waals surface area (Å²) in [6, 6.07) is 0.729. The van der Waals surface area contributed by atoms with Gasteiger partial charge in [-0.05, 0) is 43.4 Å². The van der Waals surface area contributed by atoms with Gasteiger partial charge in [-0.15, -0.1) is 0 Å². The first-order valence-electron chi connectivity index (χ1n) is 7.72. The minimum atomic E-state index is -0.0998. The van der Waals surface area contributed by atoms with Gasteiger partial charge in [0.25, 0.3) is 0 Å². The van der Waals surface area contributed by atoms with E-state index in [1.165, 1.54) is 51.4 Å². The first kappa shape index (κ1) is 12.0. The van der Waals surface area contributed by atoms with Gasteiger partial charge in [0.1, 0.15) is 0 Å². The van der Waals surface area contributed by atoms with Crippen LogP contribution >= 0.6 is 0 Å². The highest BCUT2D eigenvalue weighted by molar-refractivity contribution is 4.94. The van der Waals surface area contributed by atoms with Crippen LogP contribution in [0.25, 0.3) is 0 Å². The molecule has 3 fully saturated rings. The van der Waals surface area contributed by atoms with Gasteiger partial charge >= 0.3 is 0 Å². The van der Waals surface area contributed by atoms with Crippen LogP contribution in [0.2, 0.25) is 0 Å². The molecule has 3 aliphatic carbocycles. The van der Waals surface area contributed by atoms with E-state index in [0.29, 0.717) is 0 Å². The highest BCUT2D eigenvalue weighted by atomic mass is 16.3. The molecule has 0 aliphatic heterocycles. The van der Waals surface area contributed by atoms with E-state index in [0.717, 1.165) is 36.8 Å². The minimum Gasteiger partial charge on any atom is -0.392 e. The Morgan fingerprint density at radius 2 is 1.88 bits per heavy atom. The molecule has 2 N–H and O–H groups in total. The lowest BCUT2D eigenvalue weighted by Crippen LogP contribution is -2.39. The number of fused-ring (bicyclic) bond motifs is 2. The number of aliphatic hydroxyl groups excluding tert-OH is 1. The zero-order valence-electron chi connectivity index (χ0n) is 10.9. The fourth-order valence-corrected chi connectivity index (χ4v) is 4.50. The van der Waals surface area contributed by atoms with Crippen molar-refractivity contribution in [3.8, 4) is 0 Å². The van der Waals surface area contributed by atoms with Crippen molar-refractivity contribution in [1.29, 1.82) is 0 Å². The van der Waals surface area contributed by atoms with Gasteiger partial charge < -0.3 is 10.4 Å². The van der Waals surface area contributed by atoms with Crippen molar-refractivity contribution >= 4 is 0 Å². The zero-order chi connectivity index (χ0) is 11.7. The van der Waals surface area contributed by atoms with Crippen molar-refractivity contribution in [2.45, 2.75) is 69.9 Å². The van der Waals surface area contributed by atoms with E-state index in [2.05, 4.69) is 5.32 Å². The molecule has 0 heterocycles. The predicted octanol–water partition coefficient (Wildman–Crippen LogP) is 2.71. The minimum absolute atomic E-state index is 0.0998. The maximum Gasteiger partial charge on any atom is 0.0667 e. The maximum atomic E-state index is 10.1. The van der Waals surface area contributed by atoms with E-state index >= 15 is 0 Å². The van der Waals surface area contributed by atoms with Crippen LogP contribution in [0, 0.1) is 17.8 Å². The van der Waals surface area contributed by atoms with E-state index in [1.807, 2.05) is 0 Å². The standard InChI is InChI=1S/C15H27NO/c17-14(8-11-3-1-2-4-11)10-16-15-9-12-5-6-13(15)7-12/h11-17H,1-10H2. The molecule has 2 nitrogen and oxygen atoms in total. The highest BCUT2D eigenvalue weighted by Gasteiger charge is 2.39. The number of aliphatic hydroxyl groups is 1. The first-order valence-corrected chi connectivity index (χ1v) is 7.72. The Morgan fingerprint density at radius 3 is 2.53 bits per heavy atom. The summed E-state index contributed by atoms with van der Waals surface area (Å²) in [4.78, 5) is 0. The summed E-state index contributed by atoms with van der Waals surface area (Å²) in [6.07, 6.45) is 12.1. The predicted molar refractivity (Wildman–Crippen MR) is 69.8 cm³/mol. The normalized spacial score (nSPS) is 39.0. The summed E-state index contributed by atoms with van der Waals surface area (Å²) in [5, 5.41) is 13.7. The smallest absolute Gasteiger partial charge is 0.0667 e. The van der Waals surface area contributed by atoms with Gasteiger partial charge in [0.05, 0.1) is 6.10 Å². The SMILES string of the molecule is OC(CNC1CC2CCC1C2)CC1CCCC1. The molecular weight excluding hydrogens is 210 g/mol. The van der Waals surface area contributed by atoms with Crippen molar-refractivity contribution < 1.29 is 5.11 Å². The summed E-state index contributed by atoms with van der Waals surface area (Å²) < 4.78 is 0. The third kappa shape index (κ3) is 2.85. The van der Waals surface area contributed by atoms with E-state index in [1.54, 1.807) is 0 Å².